The van der Waals surface area contributed by atoms with Gasteiger partial charge in [0.2, 0.25) is 0 Å². The minimum absolute atomic E-state index is 0.0633. The van der Waals surface area contributed by atoms with Crippen LogP contribution in [0, 0.1) is 0 Å². The highest BCUT2D eigenvalue weighted by molar-refractivity contribution is 5.79. The molecule has 23 heavy (non-hydrogen) atoms. The average molecular weight is 321 g/mol. The zero-order valence-corrected chi connectivity index (χ0v) is 14.7. The highest BCUT2D eigenvalue weighted by Gasteiger charge is 2.05. The molecular weight excluding hydrogens is 290 g/mol. The number of unbranched alkanes of at least 4 members (excludes halogenated alkanes) is 1. The highest BCUT2D eigenvalue weighted by Crippen LogP contribution is 2.10. The molecule has 0 aliphatic carbocycles. The van der Waals surface area contributed by atoms with E-state index in [1.807, 2.05) is 37.3 Å². The second-order valence-electron chi connectivity index (χ2n) is 5.44. The summed E-state index contributed by atoms with van der Waals surface area (Å²) in [6.07, 6.45) is 3.35. The van der Waals surface area contributed by atoms with Gasteiger partial charge in [-0.3, -0.25) is 4.99 Å². The van der Waals surface area contributed by atoms with Crippen LogP contribution in [-0.4, -0.2) is 45.4 Å². The predicted octanol–water partition coefficient (Wildman–Crippen LogP) is 2.83. The first-order valence-electron chi connectivity index (χ1n) is 8.50. The first-order valence-corrected chi connectivity index (χ1v) is 8.50. The van der Waals surface area contributed by atoms with Crippen LogP contribution in [0.1, 0.15) is 33.1 Å². The van der Waals surface area contributed by atoms with Crippen LogP contribution in [0.2, 0.25) is 0 Å². The number of guanidine groups is 1. The molecule has 0 aliphatic heterocycles. The maximum Gasteiger partial charge on any atom is 0.191 e. The van der Waals surface area contributed by atoms with Gasteiger partial charge in [0.25, 0.3) is 0 Å². The summed E-state index contributed by atoms with van der Waals surface area (Å²) < 4.78 is 11.4. The third kappa shape index (κ3) is 9.79. The molecule has 1 aromatic carbocycles. The summed E-state index contributed by atoms with van der Waals surface area (Å²) in [5.74, 6) is 1.68. The summed E-state index contributed by atoms with van der Waals surface area (Å²) in [7, 11) is 1.77. The number of hydrogen-bond acceptors (Lipinski definition) is 3. The van der Waals surface area contributed by atoms with E-state index in [1.54, 1.807) is 7.05 Å². The number of nitrogens with zero attached hydrogens (tertiary/aromatic N) is 1. The fourth-order valence-electron chi connectivity index (χ4n) is 1.96. The van der Waals surface area contributed by atoms with E-state index < -0.39 is 0 Å². The number of para-hydroxylation sites is 1. The van der Waals surface area contributed by atoms with Crippen LogP contribution in [0.3, 0.4) is 0 Å². The lowest BCUT2D eigenvalue weighted by Gasteiger charge is -2.17. The molecule has 2 N–H and O–H groups in total. The first kappa shape index (κ1) is 19.3. The van der Waals surface area contributed by atoms with Gasteiger partial charge in [0.1, 0.15) is 11.9 Å². The van der Waals surface area contributed by atoms with Gasteiger partial charge >= 0.3 is 0 Å². The van der Waals surface area contributed by atoms with Crippen molar-refractivity contribution in [2.24, 2.45) is 4.99 Å². The predicted molar refractivity (Wildman–Crippen MR) is 96.2 cm³/mol. The Balaban J connectivity index is 2.11. The second kappa shape index (κ2) is 12.8. The van der Waals surface area contributed by atoms with Gasteiger partial charge in [0, 0.05) is 26.8 Å². The molecule has 0 spiro atoms. The molecule has 0 saturated heterocycles. The third-order valence-corrected chi connectivity index (χ3v) is 3.26. The lowest BCUT2D eigenvalue weighted by atomic mass is 10.3. The summed E-state index contributed by atoms with van der Waals surface area (Å²) in [5, 5.41) is 6.56. The number of rotatable bonds is 11. The van der Waals surface area contributed by atoms with Crippen LogP contribution >= 0.6 is 0 Å². The Bertz CT molecular complexity index is 424. The summed E-state index contributed by atoms with van der Waals surface area (Å²) in [4.78, 5) is 4.21. The molecule has 0 bridgehead atoms. The summed E-state index contributed by atoms with van der Waals surface area (Å²) in [6, 6.07) is 9.84. The zero-order chi connectivity index (χ0) is 16.8. The molecule has 1 unspecified atom stereocenters. The van der Waals surface area contributed by atoms with Crippen molar-refractivity contribution in [3.63, 3.8) is 0 Å². The molecule has 0 saturated carbocycles. The molecule has 130 valence electrons. The van der Waals surface area contributed by atoms with Crippen molar-refractivity contribution in [3.05, 3.63) is 30.3 Å². The monoisotopic (exact) mass is 321 g/mol. The standard InChI is InChI=1S/C18H31N3O2/c1-4-5-13-22-14-9-12-20-18(19-3)21-15-16(2)23-17-10-7-6-8-11-17/h6-8,10-11,16H,4-5,9,12-15H2,1-3H3,(H2,19,20,21). The van der Waals surface area contributed by atoms with Crippen LogP contribution in [0.5, 0.6) is 5.75 Å². The molecule has 0 radical (unpaired) electrons. The van der Waals surface area contributed by atoms with E-state index in [1.165, 1.54) is 6.42 Å². The molecule has 1 aromatic rings. The molecule has 0 fully saturated rings. The summed E-state index contributed by atoms with van der Waals surface area (Å²) in [6.45, 7) is 7.40. The lowest BCUT2D eigenvalue weighted by Crippen LogP contribution is -2.42. The van der Waals surface area contributed by atoms with Crippen molar-refractivity contribution < 1.29 is 9.47 Å². The number of ether oxygens (including phenoxy) is 2. The second-order valence-corrected chi connectivity index (χ2v) is 5.44. The van der Waals surface area contributed by atoms with E-state index >= 15 is 0 Å². The Kier molecular flexibility index (Phi) is 10.7. The molecule has 0 heterocycles. The van der Waals surface area contributed by atoms with Gasteiger partial charge in [0.05, 0.1) is 6.54 Å². The van der Waals surface area contributed by atoms with Crippen molar-refractivity contribution in [1.82, 2.24) is 10.6 Å². The topological polar surface area (TPSA) is 54.9 Å². The Morgan fingerprint density at radius 2 is 1.87 bits per heavy atom. The molecule has 1 atom stereocenters. The van der Waals surface area contributed by atoms with Crippen molar-refractivity contribution >= 4 is 5.96 Å². The van der Waals surface area contributed by atoms with Crippen LogP contribution in [0.25, 0.3) is 0 Å². The zero-order valence-electron chi connectivity index (χ0n) is 14.7. The average Bonchev–Trinajstić information content (AvgIpc) is 2.57. The van der Waals surface area contributed by atoms with Gasteiger partial charge in [-0.2, -0.15) is 0 Å². The normalized spacial score (nSPS) is 12.7. The van der Waals surface area contributed by atoms with Gasteiger partial charge in [-0.15, -0.1) is 0 Å². The molecule has 1 rings (SSSR count). The summed E-state index contributed by atoms with van der Waals surface area (Å²) >= 11 is 0. The Labute approximate surface area is 140 Å². The van der Waals surface area contributed by atoms with Crippen LogP contribution < -0.4 is 15.4 Å². The molecule has 5 heteroatoms. The van der Waals surface area contributed by atoms with Crippen molar-refractivity contribution in [1.29, 1.82) is 0 Å². The van der Waals surface area contributed by atoms with Crippen molar-refractivity contribution in [3.8, 4) is 5.75 Å². The molecule has 5 nitrogen and oxygen atoms in total. The number of aliphatic imine (C=N–C) groups is 1. The van der Waals surface area contributed by atoms with E-state index in [2.05, 4.69) is 22.5 Å². The van der Waals surface area contributed by atoms with E-state index in [-0.39, 0.29) is 6.10 Å². The number of nitrogens with one attached hydrogen (secondary N) is 2. The van der Waals surface area contributed by atoms with Crippen LogP contribution in [-0.2, 0) is 4.74 Å². The van der Waals surface area contributed by atoms with Crippen molar-refractivity contribution in [2.45, 2.75) is 39.2 Å². The Morgan fingerprint density at radius 1 is 1.13 bits per heavy atom. The lowest BCUT2D eigenvalue weighted by molar-refractivity contribution is 0.129. The van der Waals surface area contributed by atoms with Gasteiger partial charge in [-0.05, 0) is 31.9 Å². The highest BCUT2D eigenvalue weighted by atomic mass is 16.5. The largest absolute Gasteiger partial charge is 0.489 e. The van der Waals surface area contributed by atoms with E-state index in [0.717, 1.165) is 44.3 Å². The third-order valence-electron chi connectivity index (χ3n) is 3.26. The maximum atomic E-state index is 5.82. The van der Waals surface area contributed by atoms with Gasteiger partial charge < -0.3 is 20.1 Å². The molecule has 0 aliphatic rings. The Morgan fingerprint density at radius 3 is 2.57 bits per heavy atom. The van der Waals surface area contributed by atoms with Crippen LogP contribution in [0.15, 0.2) is 35.3 Å². The fraction of sp³-hybridized carbons (Fsp3) is 0.611. The Hall–Kier alpha value is -1.75. The van der Waals surface area contributed by atoms with Crippen molar-refractivity contribution in [2.75, 3.05) is 33.4 Å². The smallest absolute Gasteiger partial charge is 0.191 e. The summed E-state index contributed by atoms with van der Waals surface area (Å²) in [5.41, 5.74) is 0. The van der Waals surface area contributed by atoms with E-state index in [9.17, 15) is 0 Å². The SMILES string of the molecule is CCCCOCCCNC(=NC)NCC(C)Oc1ccccc1. The maximum absolute atomic E-state index is 5.82. The molecular formula is C18H31N3O2. The van der Waals surface area contributed by atoms with E-state index in [0.29, 0.717) is 6.54 Å². The number of benzene rings is 1. The minimum atomic E-state index is 0.0633. The molecule has 0 amide bonds. The van der Waals surface area contributed by atoms with Crippen LogP contribution in [0.4, 0.5) is 0 Å². The first-order chi connectivity index (χ1) is 11.3. The fourth-order valence-corrected chi connectivity index (χ4v) is 1.96. The molecule has 0 aromatic heterocycles. The van der Waals surface area contributed by atoms with Gasteiger partial charge in [0.15, 0.2) is 5.96 Å². The number of hydrogen-bond donors (Lipinski definition) is 2. The van der Waals surface area contributed by atoms with Gasteiger partial charge in [-0.1, -0.05) is 31.5 Å². The van der Waals surface area contributed by atoms with Gasteiger partial charge in [-0.25, -0.2) is 0 Å². The minimum Gasteiger partial charge on any atom is -0.489 e. The van der Waals surface area contributed by atoms with E-state index in [4.69, 9.17) is 9.47 Å². The quantitative estimate of drug-likeness (QED) is 0.374.